The van der Waals surface area contributed by atoms with E-state index < -0.39 is 0 Å². The SMILES string of the molecule is Cc1cc(SCc2ccc(CO)cc2)n(C)n1. The molecule has 3 nitrogen and oxygen atoms in total. The summed E-state index contributed by atoms with van der Waals surface area (Å²) in [6.45, 7) is 2.11. The molecule has 0 fully saturated rings. The summed E-state index contributed by atoms with van der Waals surface area (Å²) in [6.07, 6.45) is 0. The van der Waals surface area contributed by atoms with Gasteiger partial charge in [0, 0.05) is 12.8 Å². The lowest BCUT2D eigenvalue weighted by atomic mass is 10.2. The van der Waals surface area contributed by atoms with Gasteiger partial charge in [0.25, 0.3) is 0 Å². The Morgan fingerprint density at radius 3 is 2.41 bits per heavy atom. The van der Waals surface area contributed by atoms with Crippen molar-refractivity contribution in [3.05, 3.63) is 47.2 Å². The Hall–Kier alpha value is -1.26. The molecule has 2 aromatic rings. The molecule has 0 aliphatic rings. The predicted octanol–water partition coefficient (Wildman–Crippen LogP) is 2.51. The van der Waals surface area contributed by atoms with E-state index in [-0.39, 0.29) is 6.61 Å². The normalized spacial score (nSPS) is 10.8. The monoisotopic (exact) mass is 248 g/mol. The molecule has 0 radical (unpaired) electrons. The standard InChI is InChI=1S/C13H16N2OS/c1-10-7-13(15(2)14-10)17-9-12-5-3-11(8-16)4-6-12/h3-7,16H,8-9H2,1-2H3. The first-order valence-corrected chi connectivity index (χ1v) is 6.49. The van der Waals surface area contributed by atoms with Crippen molar-refractivity contribution in [2.45, 2.75) is 24.3 Å². The molecule has 0 unspecified atom stereocenters. The molecule has 0 aliphatic carbocycles. The van der Waals surface area contributed by atoms with Gasteiger partial charge in [-0.25, -0.2) is 0 Å². The third kappa shape index (κ3) is 3.11. The maximum absolute atomic E-state index is 8.96. The first-order valence-electron chi connectivity index (χ1n) is 5.51. The number of hydrogen-bond donors (Lipinski definition) is 1. The van der Waals surface area contributed by atoms with Crippen LogP contribution in [0.1, 0.15) is 16.8 Å². The number of thioether (sulfide) groups is 1. The summed E-state index contributed by atoms with van der Waals surface area (Å²) in [7, 11) is 1.96. The molecule has 1 N–H and O–H groups in total. The smallest absolute Gasteiger partial charge is 0.0942 e. The Morgan fingerprint density at radius 1 is 1.24 bits per heavy atom. The minimum absolute atomic E-state index is 0.106. The van der Waals surface area contributed by atoms with Crippen LogP contribution in [0.15, 0.2) is 35.4 Å². The molecule has 0 aliphatic heterocycles. The molecule has 0 saturated carbocycles. The maximum Gasteiger partial charge on any atom is 0.0942 e. The lowest BCUT2D eigenvalue weighted by molar-refractivity contribution is 0.282. The number of aryl methyl sites for hydroxylation is 2. The number of benzene rings is 1. The zero-order valence-corrected chi connectivity index (χ0v) is 10.9. The van der Waals surface area contributed by atoms with Crippen LogP contribution in [0, 0.1) is 6.92 Å². The third-order valence-electron chi connectivity index (χ3n) is 2.55. The molecule has 0 saturated heterocycles. The van der Waals surface area contributed by atoms with E-state index in [1.54, 1.807) is 11.8 Å². The minimum atomic E-state index is 0.106. The zero-order valence-electron chi connectivity index (χ0n) is 10.1. The second-order valence-electron chi connectivity index (χ2n) is 4.01. The van der Waals surface area contributed by atoms with Crippen molar-refractivity contribution in [2.24, 2.45) is 7.05 Å². The molecular weight excluding hydrogens is 232 g/mol. The highest BCUT2D eigenvalue weighted by molar-refractivity contribution is 7.98. The largest absolute Gasteiger partial charge is 0.392 e. The second kappa shape index (κ2) is 5.38. The minimum Gasteiger partial charge on any atom is -0.392 e. The van der Waals surface area contributed by atoms with Gasteiger partial charge in [-0.3, -0.25) is 4.68 Å². The zero-order chi connectivity index (χ0) is 12.3. The van der Waals surface area contributed by atoms with Gasteiger partial charge in [-0.2, -0.15) is 5.10 Å². The number of aromatic nitrogens is 2. The van der Waals surface area contributed by atoms with Gasteiger partial charge in [-0.1, -0.05) is 24.3 Å². The summed E-state index contributed by atoms with van der Waals surface area (Å²) in [5, 5.41) is 14.4. The van der Waals surface area contributed by atoms with E-state index in [0.29, 0.717) is 0 Å². The fraction of sp³-hybridized carbons (Fsp3) is 0.308. The molecule has 0 amide bonds. The quantitative estimate of drug-likeness (QED) is 0.845. The summed E-state index contributed by atoms with van der Waals surface area (Å²) in [5.74, 6) is 0.921. The van der Waals surface area contributed by atoms with Crippen LogP contribution in [0.3, 0.4) is 0 Å². The summed E-state index contributed by atoms with van der Waals surface area (Å²) >= 11 is 1.77. The van der Waals surface area contributed by atoms with Crippen molar-refractivity contribution in [3.63, 3.8) is 0 Å². The third-order valence-corrected chi connectivity index (χ3v) is 3.71. The van der Waals surface area contributed by atoms with Gasteiger partial charge in [0.05, 0.1) is 17.3 Å². The second-order valence-corrected chi connectivity index (χ2v) is 5.01. The summed E-state index contributed by atoms with van der Waals surface area (Å²) in [4.78, 5) is 0. The molecular formula is C13H16N2OS. The fourth-order valence-corrected chi connectivity index (χ4v) is 2.61. The molecule has 1 heterocycles. The van der Waals surface area contributed by atoms with E-state index in [0.717, 1.165) is 17.0 Å². The van der Waals surface area contributed by atoms with E-state index in [2.05, 4.69) is 23.3 Å². The average Bonchev–Trinajstić information content (AvgIpc) is 2.66. The van der Waals surface area contributed by atoms with Crippen LogP contribution in [-0.2, 0) is 19.4 Å². The Balaban J connectivity index is 1.99. The van der Waals surface area contributed by atoms with E-state index in [1.807, 2.05) is 30.8 Å². The summed E-state index contributed by atoms with van der Waals surface area (Å²) in [6, 6.07) is 10.1. The van der Waals surface area contributed by atoms with Crippen LogP contribution in [0.2, 0.25) is 0 Å². The van der Waals surface area contributed by atoms with Crippen molar-refractivity contribution in [3.8, 4) is 0 Å². The van der Waals surface area contributed by atoms with E-state index in [9.17, 15) is 0 Å². The molecule has 1 aromatic heterocycles. The van der Waals surface area contributed by atoms with E-state index in [1.165, 1.54) is 10.6 Å². The first-order chi connectivity index (χ1) is 8.19. The van der Waals surface area contributed by atoms with Crippen LogP contribution in [0.25, 0.3) is 0 Å². The predicted molar refractivity (Wildman–Crippen MR) is 69.9 cm³/mol. The number of aliphatic hydroxyl groups is 1. The Kier molecular flexibility index (Phi) is 3.86. The van der Waals surface area contributed by atoms with Gasteiger partial charge in [-0.05, 0) is 24.1 Å². The van der Waals surface area contributed by atoms with E-state index in [4.69, 9.17) is 5.11 Å². The highest BCUT2D eigenvalue weighted by Gasteiger charge is 2.03. The van der Waals surface area contributed by atoms with Gasteiger partial charge < -0.3 is 5.11 Å². The Labute approximate surface area is 105 Å². The van der Waals surface area contributed by atoms with Gasteiger partial charge in [0.2, 0.25) is 0 Å². The van der Waals surface area contributed by atoms with Crippen LogP contribution < -0.4 is 0 Å². The molecule has 2 rings (SSSR count). The van der Waals surface area contributed by atoms with Crippen molar-refractivity contribution >= 4 is 11.8 Å². The van der Waals surface area contributed by atoms with Crippen LogP contribution >= 0.6 is 11.8 Å². The van der Waals surface area contributed by atoms with Gasteiger partial charge in [0.15, 0.2) is 0 Å². The molecule has 1 aromatic carbocycles. The van der Waals surface area contributed by atoms with Crippen LogP contribution in [-0.4, -0.2) is 14.9 Å². The lowest BCUT2D eigenvalue weighted by Crippen LogP contribution is -1.92. The maximum atomic E-state index is 8.96. The summed E-state index contributed by atoms with van der Waals surface area (Å²) in [5.41, 5.74) is 3.26. The van der Waals surface area contributed by atoms with Crippen molar-refractivity contribution in [2.75, 3.05) is 0 Å². The van der Waals surface area contributed by atoms with Crippen LogP contribution in [0.5, 0.6) is 0 Å². The molecule has 4 heteroatoms. The van der Waals surface area contributed by atoms with Gasteiger partial charge in [0.1, 0.15) is 0 Å². The number of rotatable bonds is 4. The highest BCUT2D eigenvalue weighted by Crippen LogP contribution is 2.23. The highest BCUT2D eigenvalue weighted by atomic mass is 32.2. The fourth-order valence-electron chi connectivity index (χ4n) is 1.62. The Bertz CT molecular complexity index is 491. The Morgan fingerprint density at radius 2 is 1.88 bits per heavy atom. The molecule has 0 atom stereocenters. The molecule has 90 valence electrons. The van der Waals surface area contributed by atoms with E-state index >= 15 is 0 Å². The number of nitrogens with zero attached hydrogens (tertiary/aromatic N) is 2. The number of hydrogen-bond acceptors (Lipinski definition) is 3. The van der Waals surface area contributed by atoms with Gasteiger partial charge in [-0.15, -0.1) is 11.8 Å². The molecule has 0 bridgehead atoms. The molecule has 17 heavy (non-hydrogen) atoms. The molecule has 0 spiro atoms. The summed E-state index contributed by atoms with van der Waals surface area (Å²) < 4.78 is 1.90. The lowest BCUT2D eigenvalue weighted by Gasteiger charge is -2.03. The van der Waals surface area contributed by atoms with Crippen molar-refractivity contribution in [1.29, 1.82) is 0 Å². The van der Waals surface area contributed by atoms with Crippen LogP contribution in [0.4, 0.5) is 0 Å². The topological polar surface area (TPSA) is 38.0 Å². The number of aliphatic hydroxyl groups excluding tert-OH is 1. The average molecular weight is 248 g/mol. The van der Waals surface area contributed by atoms with Crippen molar-refractivity contribution < 1.29 is 5.11 Å². The van der Waals surface area contributed by atoms with Gasteiger partial charge >= 0.3 is 0 Å². The van der Waals surface area contributed by atoms with Crippen molar-refractivity contribution in [1.82, 2.24) is 9.78 Å². The first kappa shape index (κ1) is 12.2.